The molecule has 4 N–H and O–H groups in total. The third-order valence-corrected chi connectivity index (χ3v) is 2.33. The summed E-state index contributed by atoms with van der Waals surface area (Å²) in [6, 6.07) is 2.75. The van der Waals surface area contributed by atoms with Crippen LogP contribution in [0.5, 0.6) is 11.5 Å². The van der Waals surface area contributed by atoms with E-state index in [9.17, 15) is 9.59 Å². The fourth-order valence-electron chi connectivity index (χ4n) is 1.57. The van der Waals surface area contributed by atoms with Gasteiger partial charge in [0.05, 0.1) is 5.57 Å². The molecule has 0 saturated heterocycles. The van der Waals surface area contributed by atoms with Crippen LogP contribution in [-0.4, -0.2) is 28.9 Å². The topological polar surface area (TPSA) is 119 Å². The lowest BCUT2D eigenvalue weighted by Gasteiger charge is -2.07. The molecule has 0 bridgehead atoms. The van der Waals surface area contributed by atoms with Crippen LogP contribution in [0.1, 0.15) is 5.56 Å². The third-order valence-electron chi connectivity index (χ3n) is 2.33. The van der Waals surface area contributed by atoms with Crippen molar-refractivity contribution >= 4 is 23.2 Å². The minimum absolute atomic E-state index is 0.0171. The van der Waals surface area contributed by atoms with Crippen molar-refractivity contribution in [1.82, 2.24) is 0 Å². The molecule has 0 atom stereocenters. The van der Waals surface area contributed by atoms with Gasteiger partial charge in [0.2, 0.25) is 6.79 Å². The van der Waals surface area contributed by atoms with Crippen LogP contribution in [-0.2, 0) is 9.59 Å². The highest BCUT2D eigenvalue weighted by Gasteiger charge is 2.21. The molecule has 1 aromatic carbocycles. The Balaban J connectivity index is 2.55. The molecule has 0 aromatic heterocycles. The van der Waals surface area contributed by atoms with Gasteiger partial charge in [-0.3, -0.25) is 0 Å². The van der Waals surface area contributed by atoms with E-state index in [2.05, 4.69) is 0 Å². The number of hydrogen-bond donors (Lipinski definition) is 3. The molecule has 0 spiro atoms. The van der Waals surface area contributed by atoms with Gasteiger partial charge in [0.1, 0.15) is 0 Å². The summed E-state index contributed by atoms with van der Waals surface area (Å²) >= 11 is 0. The smallest absolute Gasteiger partial charge is 0.336 e. The van der Waals surface area contributed by atoms with Gasteiger partial charge in [0.15, 0.2) is 11.5 Å². The van der Waals surface area contributed by atoms with Crippen molar-refractivity contribution in [1.29, 1.82) is 0 Å². The van der Waals surface area contributed by atoms with Gasteiger partial charge >= 0.3 is 11.9 Å². The lowest BCUT2D eigenvalue weighted by atomic mass is 10.0. The molecule has 1 heterocycles. The predicted molar refractivity (Wildman–Crippen MR) is 60.2 cm³/mol. The monoisotopic (exact) mass is 251 g/mol. The number of hydrogen-bond acceptors (Lipinski definition) is 5. The van der Waals surface area contributed by atoms with Crippen LogP contribution < -0.4 is 15.2 Å². The summed E-state index contributed by atoms with van der Waals surface area (Å²) in [5, 5.41) is 17.6. The van der Waals surface area contributed by atoms with E-state index in [4.69, 9.17) is 25.4 Å². The highest BCUT2D eigenvalue weighted by molar-refractivity contribution is 6.20. The number of aliphatic carboxylic acids is 2. The molecule has 0 amide bonds. The van der Waals surface area contributed by atoms with Gasteiger partial charge in [-0.1, -0.05) is 0 Å². The Kier molecular flexibility index (Phi) is 2.80. The average molecular weight is 251 g/mol. The van der Waals surface area contributed by atoms with Crippen LogP contribution in [0, 0.1) is 0 Å². The molecule has 2 rings (SSSR count). The number of ether oxygens (including phenoxy) is 2. The molecule has 7 heteroatoms. The first-order valence-corrected chi connectivity index (χ1v) is 4.86. The van der Waals surface area contributed by atoms with E-state index in [-0.39, 0.29) is 18.0 Å². The molecule has 0 radical (unpaired) electrons. The highest BCUT2D eigenvalue weighted by atomic mass is 16.7. The predicted octanol–water partition coefficient (Wildman–Crippen LogP) is 0.550. The average Bonchev–Trinajstić information content (AvgIpc) is 2.71. The summed E-state index contributed by atoms with van der Waals surface area (Å²) in [7, 11) is 0. The number of fused-ring (bicyclic) bond motifs is 1. The van der Waals surface area contributed by atoms with Crippen molar-refractivity contribution in [2.75, 3.05) is 12.5 Å². The van der Waals surface area contributed by atoms with E-state index >= 15 is 0 Å². The van der Waals surface area contributed by atoms with Crippen LogP contribution >= 0.6 is 0 Å². The van der Waals surface area contributed by atoms with E-state index in [0.717, 1.165) is 0 Å². The third kappa shape index (κ3) is 2.05. The Morgan fingerprint density at radius 2 is 1.83 bits per heavy atom. The summed E-state index contributed by atoms with van der Waals surface area (Å²) in [6.45, 7) is 0.0171. The number of rotatable bonds is 3. The minimum atomic E-state index is -1.39. The van der Waals surface area contributed by atoms with Gasteiger partial charge in [-0.15, -0.1) is 0 Å². The van der Waals surface area contributed by atoms with E-state index in [0.29, 0.717) is 17.6 Å². The molecule has 94 valence electrons. The maximum absolute atomic E-state index is 11.0. The first-order valence-electron chi connectivity index (χ1n) is 4.86. The maximum Gasteiger partial charge on any atom is 0.336 e. The molecule has 0 saturated carbocycles. The van der Waals surface area contributed by atoms with Gasteiger partial charge in [-0.25, -0.2) is 9.59 Å². The van der Waals surface area contributed by atoms with Crippen LogP contribution in [0.3, 0.4) is 0 Å². The lowest BCUT2D eigenvalue weighted by Crippen LogP contribution is -2.05. The zero-order valence-corrected chi connectivity index (χ0v) is 9.04. The van der Waals surface area contributed by atoms with Crippen molar-refractivity contribution in [3.63, 3.8) is 0 Å². The number of carbonyl (C=O) groups is 2. The van der Waals surface area contributed by atoms with E-state index in [1.807, 2.05) is 0 Å². The Labute approximate surface area is 101 Å². The first kappa shape index (κ1) is 11.8. The SMILES string of the molecule is Nc1cc2c(cc1/C(=C/C(=O)O)C(=O)O)OCO2. The molecular weight excluding hydrogens is 242 g/mol. The fourth-order valence-corrected chi connectivity index (χ4v) is 1.57. The second-order valence-electron chi connectivity index (χ2n) is 3.49. The maximum atomic E-state index is 11.0. The summed E-state index contributed by atoms with van der Waals surface area (Å²) < 4.78 is 10.2. The summed E-state index contributed by atoms with van der Waals surface area (Å²) in [5.41, 5.74) is 5.44. The molecule has 1 aliphatic rings. The second-order valence-corrected chi connectivity index (χ2v) is 3.49. The van der Waals surface area contributed by atoms with E-state index < -0.39 is 17.5 Å². The number of nitrogens with two attached hydrogens (primary N) is 1. The molecule has 1 aliphatic heterocycles. The van der Waals surface area contributed by atoms with Crippen molar-refractivity contribution in [2.24, 2.45) is 0 Å². The molecule has 0 unspecified atom stereocenters. The standard InChI is InChI=1S/C11H9NO6/c12-7-3-9-8(17-4-18-9)1-5(7)6(11(15)16)2-10(13)14/h1-3H,4,12H2,(H,13,14)(H,15,16)/b6-2-. The number of anilines is 1. The molecule has 0 fully saturated rings. The summed E-state index contributed by atoms with van der Waals surface area (Å²) in [6.07, 6.45) is 0.580. The number of benzene rings is 1. The minimum Gasteiger partial charge on any atom is -0.478 e. The number of nitrogen functional groups attached to an aromatic ring is 1. The Bertz CT molecular complexity index is 563. The molecule has 0 aliphatic carbocycles. The molecule has 7 nitrogen and oxygen atoms in total. The van der Waals surface area contributed by atoms with Crippen molar-refractivity contribution in [3.05, 3.63) is 23.8 Å². The van der Waals surface area contributed by atoms with Gasteiger partial charge in [-0.05, 0) is 6.07 Å². The van der Waals surface area contributed by atoms with Crippen LogP contribution in [0.4, 0.5) is 5.69 Å². The van der Waals surface area contributed by atoms with Gasteiger partial charge in [0, 0.05) is 23.4 Å². The quantitative estimate of drug-likeness (QED) is 0.530. The van der Waals surface area contributed by atoms with Gasteiger partial charge in [-0.2, -0.15) is 0 Å². The number of carboxylic acid groups (broad SMARTS) is 2. The molecular formula is C11H9NO6. The lowest BCUT2D eigenvalue weighted by molar-refractivity contribution is -0.133. The Morgan fingerprint density at radius 1 is 1.22 bits per heavy atom. The zero-order chi connectivity index (χ0) is 13.3. The van der Waals surface area contributed by atoms with Crippen LogP contribution in [0.2, 0.25) is 0 Å². The highest BCUT2D eigenvalue weighted by Crippen LogP contribution is 2.38. The van der Waals surface area contributed by atoms with Crippen LogP contribution in [0.25, 0.3) is 5.57 Å². The second kappa shape index (κ2) is 4.28. The Hall–Kier alpha value is -2.70. The first-order chi connectivity index (χ1) is 8.49. The molecule has 1 aromatic rings. The van der Waals surface area contributed by atoms with Gasteiger partial charge in [0.25, 0.3) is 0 Å². The van der Waals surface area contributed by atoms with Crippen molar-refractivity contribution < 1.29 is 29.3 Å². The number of carboxylic acids is 2. The fraction of sp³-hybridized carbons (Fsp3) is 0.0909. The molecule has 18 heavy (non-hydrogen) atoms. The van der Waals surface area contributed by atoms with Crippen molar-refractivity contribution in [3.8, 4) is 11.5 Å². The van der Waals surface area contributed by atoms with E-state index in [1.165, 1.54) is 12.1 Å². The largest absolute Gasteiger partial charge is 0.478 e. The Morgan fingerprint density at radius 3 is 2.39 bits per heavy atom. The zero-order valence-electron chi connectivity index (χ0n) is 9.04. The normalized spacial score (nSPS) is 13.4. The van der Waals surface area contributed by atoms with Gasteiger partial charge < -0.3 is 25.4 Å². The summed E-state index contributed by atoms with van der Waals surface area (Å²) in [4.78, 5) is 21.6. The van der Waals surface area contributed by atoms with E-state index in [1.54, 1.807) is 0 Å². The van der Waals surface area contributed by atoms with Crippen LogP contribution in [0.15, 0.2) is 18.2 Å². The van der Waals surface area contributed by atoms with Crippen molar-refractivity contribution in [2.45, 2.75) is 0 Å². The summed E-state index contributed by atoms with van der Waals surface area (Å²) in [5.74, 6) is -2.03.